The standard InChI is InChI=1S/C25H30N2O6/c1-6-31-21-12-17(13-22(32-7-2)23(21)33-8-3)25(29)27(4)15-18-11-16-9-10-19(30-5)14-20(16)26-24(18)28/h9-14H,6-8,15H2,1-5H3,(H,26,28). The Morgan fingerprint density at radius 2 is 1.58 bits per heavy atom. The van der Waals surface area contributed by atoms with Crippen molar-refractivity contribution in [2.24, 2.45) is 0 Å². The summed E-state index contributed by atoms with van der Waals surface area (Å²) >= 11 is 0. The summed E-state index contributed by atoms with van der Waals surface area (Å²) in [5.74, 6) is 1.75. The number of hydrogen-bond donors (Lipinski definition) is 1. The van der Waals surface area contributed by atoms with Crippen LogP contribution in [0, 0.1) is 0 Å². The highest BCUT2D eigenvalue weighted by Crippen LogP contribution is 2.39. The quantitative estimate of drug-likeness (QED) is 0.498. The van der Waals surface area contributed by atoms with Crippen molar-refractivity contribution in [3.05, 3.63) is 57.9 Å². The van der Waals surface area contributed by atoms with E-state index < -0.39 is 0 Å². The zero-order chi connectivity index (χ0) is 24.0. The van der Waals surface area contributed by atoms with Crippen molar-refractivity contribution in [3.63, 3.8) is 0 Å². The third kappa shape index (κ3) is 5.39. The molecule has 8 heteroatoms. The number of aromatic amines is 1. The van der Waals surface area contributed by atoms with Crippen LogP contribution < -0.4 is 24.5 Å². The van der Waals surface area contributed by atoms with Crippen LogP contribution in [0.15, 0.2) is 41.2 Å². The molecule has 0 fully saturated rings. The van der Waals surface area contributed by atoms with Gasteiger partial charge in [0.15, 0.2) is 11.5 Å². The number of carbonyl (C=O) groups excluding carboxylic acids is 1. The molecule has 3 aromatic rings. The van der Waals surface area contributed by atoms with Crippen LogP contribution in [0.25, 0.3) is 10.9 Å². The smallest absolute Gasteiger partial charge is 0.254 e. The van der Waals surface area contributed by atoms with E-state index in [9.17, 15) is 9.59 Å². The van der Waals surface area contributed by atoms with E-state index in [-0.39, 0.29) is 18.0 Å². The Labute approximate surface area is 193 Å². The van der Waals surface area contributed by atoms with Gasteiger partial charge in [-0.1, -0.05) is 0 Å². The number of H-pyrrole nitrogens is 1. The molecule has 8 nitrogen and oxygen atoms in total. The van der Waals surface area contributed by atoms with Gasteiger partial charge in [0.2, 0.25) is 5.75 Å². The van der Waals surface area contributed by atoms with Crippen LogP contribution in [-0.2, 0) is 6.54 Å². The summed E-state index contributed by atoms with van der Waals surface area (Å²) in [7, 11) is 3.22. The number of pyridine rings is 1. The summed E-state index contributed by atoms with van der Waals surface area (Å²) in [4.78, 5) is 30.2. The summed E-state index contributed by atoms with van der Waals surface area (Å²) in [6.07, 6.45) is 0. The lowest BCUT2D eigenvalue weighted by molar-refractivity contribution is 0.0783. The van der Waals surface area contributed by atoms with E-state index in [4.69, 9.17) is 18.9 Å². The monoisotopic (exact) mass is 454 g/mol. The molecule has 0 saturated carbocycles. The fourth-order valence-electron chi connectivity index (χ4n) is 3.53. The lowest BCUT2D eigenvalue weighted by Gasteiger charge is -2.20. The number of amides is 1. The Kier molecular flexibility index (Phi) is 7.82. The molecule has 0 unspecified atom stereocenters. The first-order chi connectivity index (χ1) is 15.9. The van der Waals surface area contributed by atoms with Crippen LogP contribution in [0.5, 0.6) is 23.0 Å². The second-order valence-electron chi connectivity index (χ2n) is 7.34. The number of carbonyl (C=O) groups is 1. The molecule has 0 bridgehead atoms. The molecule has 1 N–H and O–H groups in total. The summed E-state index contributed by atoms with van der Waals surface area (Å²) in [6, 6.07) is 10.5. The average Bonchev–Trinajstić information content (AvgIpc) is 2.80. The van der Waals surface area contributed by atoms with Gasteiger partial charge in [0, 0.05) is 24.2 Å². The van der Waals surface area contributed by atoms with Gasteiger partial charge in [-0.05, 0) is 56.5 Å². The minimum atomic E-state index is -0.269. The van der Waals surface area contributed by atoms with Crippen molar-refractivity contribution in [3.8, 4) is 23.0 Å². The van der Waals surface area contributed by atoms with E-state index in [1.807, 2.05) is 32.9 Å². The minimum Gasteiger partial charge on any atom is -0.497 e. The molecule has 33 heavy (non-hydrogen) atoms. The van der Waals surface area contributed by atoms with Crippen molar-refractivity contribution >= 4 is 16.8 Å². The Bertz CT molecular complexity index is 1160. The van der Waals surface area contributed by atoms with Crippen LogP contribution in [0.4, 0.5) is 0 Å². The van der Waals surface area contributed by atoms with Gasteiger partial charge in [0.05, 0.1) is 39.0 Å². The van der Waals surface area contributed by atoms with Gasteiger partial charge in [0.25, 0.3) is 11.5 Å². The van der Waals surface area contributed by atoms with Gasteiger partial charge in [-0.15, -0.1) is 0 Å². The molecule has 0 spiro atoms. The highest BCUT2D eigenvalue weighted by Gasteiger charge is 2.21. The molecule has 0 radical (unpaired) electrons. The van der Waals surface area contributed by atoms with Crippen molar-refractivity contribution in [2.45, 2.75) is 27.3 Å². The third-order valence-corrected chi connectivity index (χ3v) is 5.04. The normalized spacial score (nSPS) is 10.7. The van der Waals surface area contributed by atoms with Gasteiger partial charge in [-0.25, -0.2) is 0 Å². The number of methoxy groups -OCH3 is 1. The maximum atomic E-state index is 13.2. The van der Waals surface area contributed by atoms with Crippen LogP contribution >= 0.6 is 0 Å². The molecule has 1 aromatic heterocycles. The predicted octanol–water partition coefficient (Wildman–Crippen LogP) is 4.01. The molecule has 176 valence electrons. The number of aromatic nitrogens is 1. The number of fused-ring (bicyclic) bond motifs is 1. The molecule has 0 aliphatic rings. The lowest BCUT2D eigenvalue weighted by Crippen LogP contribution is -2.29. The molecule has 2 aromatic carbocycles. The Morgan fingerprint density at radius 3 is 2.15 bits per heavy atom. The number of ether oxygens (including phenoxy) is 4. The van der Waals surface area contributed by atoms with Crippen LogP contribution in [0.1, 0.15) is 36.7 Å². The van der Waals surface area contributed by atoms with Crippen molar-refractivity contribution in [1.82, 2.24) is 9.88 Å². The largest absolute Gasteiger partial charge is 0.497 e. The van der Waals surface area contributed by atoms with E-state index in [0.717, 1.165) is 5.39 Å². The first kappa shape index (κ1) is 24.0. The first-order valence-corrected chi connectivity index (χ1v) is 10.9. The van der Waals surface area contributed by atoms with Gasteiger partial charge in [-0.3, -0.25) is 9.59 Å². The maximum absolute atomic E-state index is 13.2. The minimum absolute atomic E-state index is 0.136. The van der Waals surface area contributed by atoms with E-state index >= 15 is 0 Å². The molecular weight excluding hydrogens is 424 g/mol. The van der Waals surface area contributed by atoms with Crippen LogP contribution in [0.2, 0.25) is 0 Å². The van der Waals surface area contributed by atoms with E-state index in [1.165, 1.54) is 4.90 Å². The van der Waals surface area contributed by atoms with Crippen LogP contribution in [0.3, 0.4) is 0 Å². The number of rotatable bonds is 10. The topological polar surface area (TPSA) is 90.1 Å². The molecule has 1 heterocycles. The first-order valence-electron chi connectivity index (χ1n) is 10.9. The van der Waals surface area contributed by atoms with Gasteiger partial charge >= 0.3 is 0 Å². The Morgan fingerprint density at radius 1 is 0.939 bits per heavy atom. The SMILES string of the molecule is CCOc1cc(C(=O)N(C)Cc2cc3ccc(OC)cc3[nH]c2=O)cc(OCC)c1OCC. The third-order valence-electron chi connectivity index (χ3n) is 5.04. The molecule has 0 saturated heterocycles. The second kappa shape index (κ2) is 10.8. The van der Waals surface area contributed by atoms with Gasteiger partial charge in [0.1, 0.15) is 5.75 Å². The van der Waals surface area contributed by atoms with E-state index in [0.29, 0.717) is 59.5 Å². The summed E-state index contributed by atoms with van der Waals surface area (Å²) in [5.41, 5.74) is 1.28. The highest BCUT2D eigenvalue weighted by molar-refractivity contribution is 5.95. The van der Waals surface area contributed by atoms with E-state index in [1.54, 1.807) is 38.4 Å². The Balaban J connectivity index is 1.91. The number of benzene rings is 2. The highest BCUT2D eigenvalue weighted by atomic mass is 16.5. The Hall–Kier alpha value is -3.68. The summed E-state index contributed by atoms with van der Waals surface area (Å²) in [5, 5.41) is 0.851. The zero-order valence-corrected chi connectivity index (χ0v) is 19.7. The molecule has 0 aliphatic carbocycles. The number of nitrogens with zero attached hydrogens (tertiary/aromatic N) is 1. The predicted molar refractivity (Wildman–Crippen MR) is 127 cm³/mol. The average molecular weight is 455 g/mol. The summed E-state index contributed by atoms with van der Waals surface area (Å²) in [6.45, 7) is 6.99. The number of hydrogen-bond acceptors (Lipinski definition) is 6. The van der Waals surface area contributed by atoms with Gasteiger partial charge < -0.3 is 28.8 Å². The molecule has 1 amide bonds. The molecular formula is C25H30N2O6. The van der Waals surface area contributed by atoms with Crippen LogP contribution in [-0.4, -0.2) is 49.8 Å². The van der Waals surface area contributed by atoms with Gasteiger partial charge in [-0.2, -0.15) is 0 Å². The summed E-state index contributed by atoms with van der Waals surface area (Å²) < 4.78 is 22.3. The van der Waals surface area contributed by atoms with Crippen molar-refractivity contribution in [2.75, 3.05) is 34.0 Å². The number of nitrogens with one attached hydrogen (secondary N) is 1. The van der Waals surface area contributed by atoms with E-state index in [2.05, 4.69) is 4.98 Å². The molecule has 0 atom stereocenters. The second-order valence-corrected chi connectivity index (χ2v) is 7.34. The van der Waals surface area contributed by atoms with Crippen molar-refractivity contribution in [1.29, 1.82) is 0 Å². The lowest BCUT2D eigenvalue weighted by atomic mass is 10.1. The zero-order valence-electron chi connectivity index (χ0n) is 19.7. The molecule has 0 aliphatic heterocycles. The maximum Gasteiger partial charge on any atom is 0.254 e. The molecule has 3 rings (SSSR count). The fourth-order valence-corrected chi connectivity index (χ4v) is 3.53. The van der Waals surface area contributed by atoms with Crippen molar-refractivity contribution < 1.29 is 23.7 Å². The fraction of sp³-hybridized carbons (Fsp3) is 0.360.